The number of hydrogen-bond donors (Lipinski definition) is 1. The number of primary amides is 1. The Morgan fingerprint density at radius 2 is 2.35 bits per heavy atom. The van der Waals surface area contributed by atoms with Crippen molar-refractivity contribution in [2.75, 3.05) is 11.4 Å². The second kappa shape index (κ2) is 5.27. The molecule has 0 spiro atoms. The number of carbonyl (C=O) groups excluding carboxylic acids is 1. The fourth-order valence-corrected chi connectivity index (χ4v) is 3.78. The topological polar surface area (TPSA) is 111 Å². The minimum Gasteiger partial charge on any atom is -0.363 e. The van der Waals surface area contributed by atoms with Crippen molar-refractivity contribution in [3.05, 3.63) is 29.0 Å². The number of aromatic nitrogens is 4. The average Bonchev–Trinajstić information content (AvgIpc) is 3.24. The summed E-state index contributed by atoms with van der Waals surface area (Å²) < 4.78 is 5.23. The summed E-state index contributed by atoms with van der Waals surface area (Å²) in [6.07, 6.45) is 3.41. The van der Waals surface area contributed by atoms with Gasteiger partial charge in [-0.2, -0.15) is 4.98 Å². The largest absolute Gasteiger partial charge is 0.363 e. The first kappa shape index (κ1) is 14.1. The summed E-state index contributed by atoms with van der Waals surface area (Å²) >= 11 is 1.64. The van der Waals surface area contributed by atoms with Crippen LogP contribution in [0.2, 0.25) is 0 Å². The van der Waals surface area contributed by atoms with E-state index in [1.807, 2.05) is 0 Å². The highest BCUT2D eigenvalue weighted by Crippen LogP contribution is 2.38. The number of hydrogen-bond acceptors (Lipinski definition) is 8. The molecule has 3 aromatic rings. The van der Waals surface area contributed by atoms with Gasteiger partial charge in [0.15, 0.2) is 0 Å². The summed E-state index contributed by atoms with van der Waals surface area (Å²) in [6, 6.07) is 1.99. The Bertz CT molecular complexity index is 888. The average molecular weight is 330 g/mol. The van der Waals surface area contributed by atoms with E-state index in [-0.39, 0.29) is 11.9 Å². The normalized spacial score (nSPS) is 18.0. The summed E-state index contributed by atoms with van der Waals surface area (Å²) in [4.78, 5) is 28.3. The van der Waals surface area contributed by atoms with Crippen LogP contribution in [-0.2, 0) is 0 Å². The summed E-state index contributed by atoms with van der Waals surface area (Å²) in [5.74, 6) is 0.476. The molecule has 1 aliphatic rings. The molecule has 0 radical (unpaired) electrons. The molecule has 0 aliphatic carbocycles. The van der Waals surface area contributed by atoms with E-state index < -0.39 is 5.91 Å². The van der Waals surface area contributed by atoms with E-state index >= 15 is 0 Å². The van der Waals surface area contributed by atoms with Gasteiger partial charge in [-0.3, -0.25) is 4.79 Å². The van der Waals surface area contributed by atoms with Crippen molar-refractivity contribution in [2.45, 2.75) is 25.8 Å². The Balaban J connectivity index is 1.75. The maximum atomic E-state index is 11.2. The van der Waals surface area contributed by atoms with Crippen LogP contribution in [0.4, 0.5) is 5.82 Å². The Morgan fingerprint density at radius 1 is 1.48 bits per heavy atom. The second-order valence-electron chi connectivity index (χ2n) is 5.45. The van der Waals surface area contributed by atoms with Crippen LogP contribution >= 0.6 is 11.3 Å². The molecule has 9 heteroatoms. The lowest BCUT2D eigenvalue weighted by Gasteiger charge is -2.23. The highest BCUT2D eigenvalue weighted by molar-refractivity contribution is 7.18. The van der Waals surface area contributed by atoms with Gasteiger partial charge >= 0.3 is 0 Å². The Kier molecular flexibility index (Phi) is 3.22. The highest BCUT2D eigenvalue weighted by Gasteiger charge is 2.33. The van der Waals surface area contributed by atoms with Crippen molar-refractivity contribution in [2.24, 2.45) is 5.73 Å². The second-order valence-corrected chi connectivity index (χ2v) is 6.68. The molecule has 8 nitrogen and oxygen atoms in total. The number of nitrogens with two attached hydrogens (primary N) is 1. The van der Waals surface area contributed by atoms with Crippen molar-refractivity contribution in [1.29, 1.82) is 0 Å². The standard InChI is InChI=1S/C14H14N6O2S/c1-7-5-8-12(16-6-17-14(8)23-7)20-4-2-3-9(20)13-18-11(10(15)21)19-22-13/h5-6,9H,2-4H2,1H3,(H2,15,21)/t9-/m1/s1. The molecule has 1 amide bonds. The zero-order valence-electron chi connectivity index (χ0n) is 12.4. The summed E-state index contributed by atoms with van der Waals surface area (Å²) in [7, 11) is 0. The van der Waals surface area contributed by atoms with Crippen molar-refractivity contribution in [1.82, 2.24) is 20.1 Å². The van der Waals surface area contributed by atoms with Crippen LogP contribution in [0.1, 0.15) is 40.3 Å². The van der Waals surface area contributed by atoms with Gasteiger partial charge in [0.2, 0.25) is 5.89 Å². The quantitative estimate of drug-likeness (QED) is 0.779. The van der Waals surface area contributed by atoms with Crippen molar-refractivity contribution in [3.8, 4) is 0 Å². The van der Waals surface area contributed by atoms with Gasteiger partial charge in [-0.15, -0.1) is 11.3 Å². The molecule has 0 saturated carbocycles. The SMILES string of the molecule is Cc1cc2c(N3CCC[C@@H]3c3nc(C(N)=O)no3)ncnc2s1. The molecule has 1 saturated heterocycles. The number of amides is 1. The Morgan fingerprint density at radius 3 is 3.13 bits per heavy atom. The molecule has 1 atom stereocenters. The lowest BCUT2D eigenvalue weighted by atomic mass is 10.2. The Hall–Kier alpha value is -2.55. The zero-order chi connectivity index (χ0) is 16.0. The molecule has 0 aromatic carbocycles. The number of aryl methyl sites for hydroxylation is 1. The van der Waals surface area contributed by atoms with Crippen LogP contribution in [0.3, 0.4) is 0 Å². The van der Waals surface area contributed by atoms with E-state index in [1.54, 1.807) is 17.7 Å². The van der Waals surface area contributed by atoms with E-state index in [0.717, 1.165) is 35.4 Å². The first-order valence-corrected chi connectivity index (χ1v) is 8.06. The van der Waals surface area contributed by atoms with Gasteiger partial charge in [-0.25, -0.2) is 9.97 Å². The number of nitrogens with zero attached hydrogens (tertiary/aromatic N) is 5. The smallest absolute Gasteiger partial charge is 0.290 e. The van der Waals surface area contributed by atoms with Gasteiger partial charge in [-0.1, -0.05) is 5.16 Å². The molecule has 3 aromatic heterocycles. The van der Waals surface area contributed by atoms with E-state index in [0.29, 0.717) is 5.89 Å². The van der Waals surface area contributed by atoms with E-state index in [9.17, 15) is 4.79 Å². The van der Waals surface area contributed by atoms with Crippen LogP contribution in [0.15, 0.2) is 16.9 Å². The lowest BCUT2D eigenvalue weighted by molar-refractivity contribution is 0.0987. The maximum absolute atomic E-state index is 11.2. The molecular formula is C14H14N6O2S. The van der Waals surface area contributed by atoms with Crippen LogP contribution in [-0.4, -0.2) is 32.6 Å². The van der Waals surface area contributed by atoms with Crippen molar-refractivity contribution >= 4 is 33.3 Å². The molecular weight excluding hydrogens is 316 g/mol. The fraction of sp³-hybridized carbons (Fsp3) is 0.357. The predicted octanol–water partition coefficient (Wildman–Crippen LogP) is 1.82. The van der Waals surface area contributed by atoms with E-state index in [2.05, 4.69) is 38.0 Å². The summed E-state index contributed by atoms with van der Waals surface area (Å²) in [6.45, 7) is 2.88. The lowest BCUT2D eigenvalue weighted by Crippen LogP contribution is -2.24. The van der Waals surface area contributed by atoms with Gasteiger partial charge in [0, 0.05) is 11.4 Å². The van der Waals surface area contributed by atoms with Crippen LogP contribution in [0.5, 0.6) is 0 Å². The first-order valence-electron chi connectivity index (χ1n) is 7.24. The first-order chi connectivity index (χ1) is 11.1. The monoisotopic (exact) mass is 330 g/mol. The van der Waals surface area contributed by atoms with Crippen LogP contribution < -0.4 is 10.6 Å². The van der Waals surface area contributed by atoms with Gasteiger partial charge in [0.05, 0.1) is 5.39 Å². The van der Waals surface area contributed by atoms with E-state index in [1.165, 1.54) is 4.88 Å². The number of carbonyl (C=O) groups is 1. The number of thiophene rings is 1. The summed E-state index contributed by atoms with van der Waals surface area (Å²) in [5.41, 5.74) is 5.19. The van der Waals surface area contributed by atoms with Gasteiger partial charge in [0.1, 0.15) is 23.0 Å². The number of rotatable bonds is 3. The third kappa shape index (κ3) is 2.33. The minimum absolute atomic E-state index is 0.0916. The number of fused-ring (bicyclic) bond motifs is 1. The third-order valence-corrected chi connectivity index (χ3v) is 4.86. The van der Waals surface area contributed by atoms with Gasteiger partial charge in [-0.05, 0) is 25.8 Å². The molecule has 4 rings (SSSR count). The molecule has 4 heterocycles. The third-order valence-electron chi connectivity index (χ3n) is 3.90. The van der Waals surface area contributed by atoms with E-state index in [4.69, 9.17) is 10.3 Å². The fourth-order valence-electron chi connectivity index (χ4n) is 2.94. The maximum Gasteiger partial charge on any atom is 0.290 e. The molecule has 1 fully saturated rings. The molecule has 118 valence electrons. The predicted molar refractivity (Wildman–Crippen MR) is 84.3 cm³/mol. The number of anilines is 1. The van der Waals surface area contributed by atoms with Crippen LogP contribution in [0.25, 0.3) is 10.2 Å². The van der Waals surface area contributed by atoms with Gasteiger partial charge in [0.25, 0.3) is 11.7 Å². The van der Waals surface area contributed by atoms with Crippen LogP contribution in [0, 0.1) is 6.92 Å². The summed E-state index contributed by atoms with van der Waals surface area (Å²) in [5, 5.41) is 4.66. The molecule has 2 N–H and O–H groups in total. The molecule has 1 aliphatic heterocycles. The molecule has 0 bridgehead atoms. The molecule has 23 heavy (non-hydrogen) atoms. The minimum atomic E-state index is -0.692. The molecule has 0 unspecified atom stereocenters. The highest BCUT2D eigenvalue weighted by atomic mass is 32.1. The van der Waals surface area contributed by atoms with Gasteiger partial charge < -0.3 is 15.2 Å². The Labute approximate surface area is 135 Å². The van der Waals surface area contributed by atoms with Crippen molar-refractivity contribution < 1.29 is 9.32 Å². The zero-order valence-corrected chi connectivity index (χ0v) is 13.2. The van der Waals surface area contributed by atoms with Crippen molar-refractivity contribution in [3.63, 3.8) is 0 Å².